The molecule has 5 nitrogen and oxygen atoms in total. The Morgan fingerprint density at radius 1 is 0.935 bits per heavy atom. The number of anilines is 2. The number of alkyl halides is 3. The Morgan fingerprint density at radius 2 is 1.61 bits per heavy atom. The van der Waals surface area contributed by atoms with Crippen molar-refractivity contribution < 1.29 is 26.4 Å². The van der Waals surface area contributed by atoms with Crippen LogP contribution >= 0.6 is 11.6 Å². The molecule has 0 heterocycles. The number of nitrogens with one attached hydrogen (secondary N) is 2. The molecule has 0 saturated carbocycles. The van der Waals surface area contributed by atoms with Crippen LogP contribution in [0.5, 0.6) is 0 Å². The van der Waals surface area contributed by atoms with Crippen molar-refractivity contribution in [2.75, 3.05) is 10.0 Å². The van der Waals surface area contributed by atoms with E-state index in [9.17, 15) is 26.4 Å². The zero-order valence-corrected chi connectivity index (χ0v) is 17.6. The molecule has 0 fully saturated rings. The summed E-state index contributed by atoms with van der Waals surface area (Å²) in [4.78, 5) is 12.5. The van der Waals surface area contributed by atoms with Gasteiger partial charge in [-0.2, -0.15) is 13.2 Å². The van der Waals surface area contributed by atoms with E-state index in [0.717, 1.165) is 18.2 Å². The van der Waals surface area contributed by atoms with Crippen LogP contribution in [-0.2, 0) is 16.2 Å². The van der Waals surface area contributed by atoms with Crippen LogP contribution in [0, 0.1) is 6.92 Å². The van der Waals surface area contributed by atoms with E-state index in [1.807, 2.05) is 0 Å². The van der Waals surface area contributed by atoms with Crippen molar-refractivity contribution in [3.05, 3.63) is 88.4 Å². The summed E-state index contributed by atoms with van der Waals surface area (Å²) in [5.41, 5.74) is -0.233. The molecule has 0 aliphatic carbocycles. The average Bonchev–Trinajstić information content (AvgIpc) is 2.69. The number of halogens is 4. The Bertz CT molecular complexity index is 1230. The summed E-state index contributed by atoms with van der Waals surface area (Å²) in [6.45, 7) is 1.59. The Balaban J connectivity index is 1.86. The maximum atomic E-state index is 12.9. The summed E-state index contributed by atoms with van der Waals surface area (Å²) < 4.78 is 66.4. The highest BCUT2D eigenvalue weighted by molar-refractivity contribution is 7.92. The van der Waals surface area contributed by atoms with Gasteiger partial charge in [-0.05, 0) is 67.1 Å². The van der Waals surface area contributed by atoms with Crippen molar-refractivity contribution in [1.29, 1.82) is 0 Å². The molecule has 162 valence electrons. The lowest BCUT2D eigenvalue weighted by Gasteiger charge is -2.13. The minimum Gasteiger partial charge on any atom is -0.322 e. The molecule has 0 aliphatic heterocycles. The van der Waals surface area contributed by atoms with Crippen molar-refractivity contribution in [1.82, 2.24) is 0 Å². The first-order valence-electron chi connectivity index (χ1n) is 8.83. The molecule has 10 heteroatoms. The van der Waals surface area contributed by atoms with Gasteiger partial charge in [0.05, 0.1) is 10.5 Å². The molecule has 3 aromatic carbocycles. The van der Waals surface area contributed by atoms with E-state index in [4.69, 9.17) is 11.6 Å². The molecule has 3 rings (SSSR count). The Labute approximate surface area is 181 Å². The smallest absolute Gasteiger partial charge is 0.322 e. The maximum Gasteiger partial charge on any atom is 0.416 e. The molecule has 2 N–H and O–H groups in total. The molecule has 0 atom stereocenters. The lowest BCUT2D eigenvalue weighted by atomic mass is 10.1. The summed E-state index contributed by atoms with van der Waals surface area (Å²) in [6, 6.07) is 14.1. The third-order valence-electron chi connectivity index (χ3n) is 4.31. The third kappa shape index (κ3) is 5.56. The van der Waals surface area contributed by atoms with Crippen LogP contribution in [0.15, 0.2) is 71.6 Å². The fourth-order valence-corrected chi connectivity index (χ4v) is 3.93. The Hall–Kier alpha value is -3.04. The number of aryl methyl sites for hydroxylation is 1. The standard InChI is InChI=1S/C21H16ClF3N2O3S/c1-13-5-10-18(31(29,30)27-16-8-6-15(22)7-9-16)12-19(13)20(28)26-17-4-2-3-14(11-17)21(23,24)25/h2-12,27H,1H3,(H,26,28). The van der Waals surface area contributed by atoms with Gasteiger partial charge in [-0.25, -0.2) is 8.42 Å². The number of rotatable bonds is 5. The second-order valence-electron chi connectivity index (χ2n) is 6.62. The van der Waals surface area contributed by atoms with Crippen molar-refractivity contribution in [3.63, 3.8) is 0 Å². The minimum absolute atomic E-state index is 0.0105. The van der Waals surface area contributed by atoms with Gasteiger partial charge in [-0.3, -0.25) is 9.52 Å². The molecular weight excluding hydrogens is 453 g/mol. The molecule has 0 saturated heterocycles. The number of carbonyl (C=O) groups excluding carboxylic acids is 1. The Kier molecular flexibility index (Phi) is 6.28. The van der Waals surface area contributed by atoms with Crippen molar-refractivity contribution >= 4 is 38.9 Å². The molecular formula is C21H16ClF3N2O3S. The van der Waals surface area contributed by atoms with Crippen molar-refractivity contribution in [2.45, 2.75) is 18.0 Å². The van der Waals surface area contributed by atoms with Gasteiger partial charge >= 0.3 is 6.18 Å². The summed E-state index contributed by atoms with van der Waals surface area (Å²) >= 11 is 5.79. The van der Waals surface area contributed by atoms with Crippen LogP contribution in [0.4, 0.5) is 24.5 Å². The minimum atomic E-state index is -4.56. The van der Waals surface area contributed by atoms with E-state index in [-0.39, 0.29) is 21.8 Å². The fourth-order valence-electron chi connectivity index (χ4n) is 2.72. The van der Waals surface area contributed by atoms with Crippen molar-refractivity contribution in [3.8, 4) is 0 Å². The number of benzene rings is 3. The van der Waals surface area contributed by atoms with Crippen LogP contribution in [0.1, 0.15) is 21.5 Å². The van der Waals surface area contributed by atoms with E-state index in [0.29, 0.717) is 10.6 Å². The first-order chi connectivity index (χ1) is 14.5. The number of carbonyl (C=O) groups is 1. The highest BCUT2D eigenvalue weighted by atomic mass is 35.5. The highest BCUT2D eigenvalue weighted by Crippen LogP contribution is 2.31. The van der Waals surface area contributed by atoms with E-state index in [1.54, 1.807) is 6.92 Å². The highest BCUT2D eigenvalue weighted by Gasteiger charge is 2.30. The second-order valence-corrected chi connectivity index (χ2v) is 8.74. The van der Waals surface area contributed by atoms with Gasteiger partial charge in [-0.1, -0.05) is 23.7 Å². The normalized spacial score (nSPS) is 11.8. The zero-order chi connectivity index (χ0) is 22.8. The predicted octanol–water partition coefficient (Wildman–Crippen LogP) is 5.72. The fraction of sp³-hybridized carbons (Fsp3) is 0.0952. The van der Waals surface area contributed by atoms with Gasteiger partial charge in [0.25, 0.3) is 15.9 Å². The summed E-state index contributed by atoms with van der Waals surface area (Å²) in [5, 5.41) is 2.81. The molecule has 3 aromatic rings. The number of sulfonamides is 1. The first kappa shape index (κ1) is 22.6. The average molecular weight is 469 g/mol. The van der Waals surface area contributed by atoms with E-state index in [2.05, 4.69) is 10.0 Å². The molecule has 0 spiro atoms. The van der Waals surface area contributed by atoms with Gasteiger partial charge in [0, 0.05) is 22.0 Å². The van der Waals surface area contributed by atoms with Crippen LogP contribution in [0.2, 0.25) is 5.02 Å². The van der Waals surface area contributed by atoms with E-state index >= 15 is 0 Å². The lowest BCUT2D eigenvalue weighted by Crippen LogP contribution is -2.17. The molecule has 0 aliphatic rings. The number of hydrogen-bond acceptors (Lipinski definition) is 3. The van der Waals surface area contributed by atoms with Gasteiger partial charge in [0.2, 0.25) is 0 Å². The SMILES string of the molecule is Cc1ccc(S(=O)(=O)Nc2ccc(Cl)cc2)cc1C(=O)Nc1cccc(C(F)(F)F)c1. The third-order valence-corrected chi connectivity index (χ3v) is 5.94. The molecule has 0 unspecified atom stereocenters. The van der Waals surface area contributed by atoms with Gasteiger partial charge < -0.3 is 5.32 Å². The second kappa shape index (κ2) is 8.60. The van der Waals surface area contributed by atoms with Crippen LogP contribution in [-0.4, -0.2) is 14.3 Å². The molecule has 0 aromatic heterocycles. The largest absolute Gasteiger partial charge is 0.416 e. The predicted molar refractivity (Wildman–Crippen MR) is 113 cm³/mol. The summed E-state index contributed by atoms with van der Waals surface area (Å²) in [7, 11) is -4.02. The summed E-state index contributed by atoms with van der Waals surface area (Å²) in [5.74, 6) is -0.736. The van der Waals surface area contributed by atoms with E-state index in [1.165, 1.54) is 48.5 Å². The summed E-state index contributed by atoms with van der Waals surface area (Å²) in [6.07, 6.45) is -4.56. The molecule has 0 bridgehead atoms. The molecule has 31 heavy (non-hydrogen) atoms. The quantitative estimate of drug-likeness (QED) is 0.503. The number of hydrogen-bond donors (Lipinski definition) is 2. The zero-order valence-electron chi connectivity index (χ0n) is 16.0. The monoisotopic (exact) mass is 468 g/mol. The number of amides is 1. The van der Waals surface area contributed by atoms with Gasteiger partial charge in [0.15, 0.2) is 0 Å². The van der Waals surface area contributed by atoms with E-state index < -0.39 is 27.7 Å². The van der Waals surface area contributed by atoms with Crippen LogP contribution in [0.25, 0.3) is 0 Å². The first-order valence-corrected chi connectivity index (χ1v) is 10.7. The Morgan fingerprint density at radius 3 is 2.26 bits per heavy atom. The molecule has 0 radical (unpaired) electrons. The van der Waals surface area contributed by atoms with Crippen LogP contribution in [0.3, 0.4) is 0 Å². The van der Waals surface area contributed by atoms with Crippen molar-refractivity contribution in [2.24, 2.45) is 0 Å². The van der Waals surface area contributed by atoms with Crippen LogP contribution < -0.4 is 10.0 Å². The maximum absolute atomic E-state index is 12.9. The van der Waals surface area contributed by atoms with Gasteiger partial charge in [0.1, 0.15) is 0 Å². The lowest BCUT2D eigenvalue weighted by molar-refractivity contribution is -0.137. The van der Waals surface area contributed by atoms with Gasteiger partial charge in [-0.15, -0.1) is 0 Å². The topological polar surface area (TPSA) is 75.3 Å². The molecule has 1 amide bonds.